The average Bonchev–Trinajstić information content (AvgIpc) is 3.68. The monoisotopic (exact) mass is 683 g/mol. The minimum absolute atomic E-state index is 0. The van der Waals surface area contributed by atoms with Crippen molar-refractivity contribution in [2.45, 2.75) is 91.9 Å². The molecule has 11 heteroatoms. The Labute approximate surface area is 320 Å². The molecule has 250 valence electrons. The summed E-state index contributed by atoms with van der Waals surface area (Å²) in [5.74, 6) is 2.12. The van der Waals surface area contributed by atoms with Crippen LogP contribution in [-0.4, -0.2) is 42.4 Å². The summed E-state index contributed by atoms with van der Waals surface area (Å²) < 4.78 is 18.3. The zero-order valence-electron chi connectivity index (χ0n) is 29.0. The third kappa shape index (κ3) is 17.1. The predicted octanol–water partition coefficient (Wildman–Crippen LogP) is 4.99. The van der Waals surface area contributed by atoms with Gasteiger partial charge in [0.1, 0.15) is 11.5 Å². The fraction of sp³-hybridized carbons (Fsp3) is 0.514. The maximum Gasteiger partial charge on any atom is 1.00 e. The molecule has 1 N–H and O–H groups in total. The largest absolute Gasteiger partial charge is 1.00 e. The molecule has 3 unspecified atom stereocenters. The number of alkyl halides is 1. The number of hydrogen-bond acceptors (Lipinski definition) is 6. The van der Waals surface area contributed by atoms with Gasteiger partial charge in [-0.05, 0) is 68.0 Å². The van der Waals surface area contributed by atoms with Crippen LogP contribution in [-0.2, 0) is 15.1 Å². The molecular weight excluding hydrogens is 631 g/mol. The van der Waals surface area contributed by atoms with Crippen molar-refractivity contribution < 1.29 is 79.9 Å². The second-order valence-electron chi connectivity index (χ2n) is 11.3. The van der Waals surface area contributed by atoms with Crippen molar-refractivity contribution in [1.29, 1.82) is 0 Å². The summed E-state index contributed by atoms with van der Waals surface area (Å²) in [5.41, 5.74) is 3.97. The summed E-state index contributed by atoms with van der Waals surface area (Å²) >= 11 is 0. The third-order valence-corrected chi connectivity index (χ3v) is 7.61. The van der Waals surface area contributed by atoms with Gasteiger partial charge < -0.3 is 24.8 Å². The van der Waals surface area contributed by atoms with Crippen molar-refractivity contribution in [3.63, 3.8) is 0 Å². The van der Waals surface area contributed by atoms with E-state index in [4.69, 9.17) is 9.67 Å². The molecule has 8 nitrogen and oxygen atoms in total. The number of benzene rings is 2. The second kappa shape index (κ2) is 24.6. The van der Waals surface area contributed by atoms with Gasteiger partial charge in [0.05, 0.1) is 0 Å². The number of oxazole rings is 1. The van der Waals surface area contributed by atoms with E-state index in [9.17, 15) is 14.0 Å². The number of aryl methyl sites for hydroxylation is 2. The number of unbranched alkanes of at least 4 members (excludes halogenated alkanes) is 2. The second-order valence-corrected chi connectivity index (χ2v) is 12.4. The molecule has 0 spiro atoms. The number of nitrogens with zero attached hydrogens (tertiary/aromatic N) is 2. The van der Waals surface area contributed by atoms with E-state index in [-0.39, 0.29) is 57.3 Å². The summed E-state index contributed by atoms with van der Waals surface area (Å²) in [6.07, 6.45) is 9.87. The molecule has 4 rings (SSSR count). The van der Waals surface area contributed by atoms with Crippen molar-refractivity contribution in [1.82, 2.24) is 9.88 Å². The molecule has 3 aromatic rings. The Hall–Kier alpha value is -1.49. The molecule has 1 aliphatic rings. The molecule has 2 amide bonds. The van der Waals surface area contributed by atoms with Gasteiger partial charge in [0, 0.05) is 38.4 Å². The van der Waals surface area contributed by atoms with E-state index in [2.05, 4.69) is 45.2 Å². The van der Waals surface area contributed by atoms with Crippen molar-refractivity contribution in [2.24, 2.45) is 5.92 Å². The number of nitrogens with one attached hydrogen (secondary N) is 1. The van der Waals surface area contributed by atoms with E-state index >= 15 is 0 Å². The summed E-state index contributed by atoms with van der Waals surface area (Å²) in [7, 11) is 3.16. The molecule has 0 aliphatic carbocycles. The molecule has 2 heterocycles. The number of anilines is 1. The van der Waals surface area contributed by atoms with Crippen LogP contribution in [0.3, 0.4) is 0 Å². The predicted molar refractivity (Wildman–Crippen MR) is 181 cm³/mol. The Bertz CT molecular complexity index is 1240. The van der Waals surface area contributed by atoms with Crippen LogP contribution in [0, 0.1) is 19.8 Å². The molecule has 1 aliphatic heterocycles. The Balaban J connectivity index is 0.000000710. The smallest absolute Gasteiger partial charge is 0.724 e. The van der Waals surface area contributed by atoms with E-state index in [0.717, 1.165) is 61.3 Å². The zero-order valence-corrected chi connectivity index (χ0v) is 33.3. The topological polar surface area (TPSA) is 108 Å². The average molecular weight is 684 g/mol. The van der Waals surface area contributed by atoms with Gasteiger partial charge in [-0.3, -0.25) is 9.59 Å². The van der Waals surface area contributed by atoms with Gasteiger partial charge >= 0.3 is 51.4 Å². The van der Waals surface area contributed by atoms with Crippen molar-refractivity contribution in [3.8, 4) is 11.1 Å². The number of aromatic nitrogens is 1. The van der Waals surface area contributed by atoms with Gasteiger partial charge in [-0.2, -0.15) is 0 Å². The molecule has 46 heavy (non-hydrogen) atoms. The van der Waals surface area contributed by atoms with E-state index in [1.807, 2.05) is 53.4 Å². The molecule has 1 saturated heterocycles. The summed E-state index contributed by atoms with van der Waals surface area (Å²) in [5, 5.41) is 9.56. The number of halogens is 1. The maximum atomic E-state index is 13.2. The number of carbonyl (C=O) groups excluding carboxylic acids is 2. The first-order chi connectivity index (χ1) is 21.4. The van der Waals surface area contributed by atoms with Gasteiger partial charge in [0.2, 0.25) is 6.41 Å². The number of rotatable bonds is 10. The third-order valence-electron chi connectivity index (χ3n) is 7.33. The van der Waals surface area contributed by atoms with Gasteiger partial charge in [-0.15, -0.1) is 0 Å². The molecule has 3 atom stereocenters. The molecule has 1 aromatic heterocycles. The Kier molecular flexibility index (Phi) is 23.8. The maximum absolute atomic E-state index is 13.2. The molecule has 0 bridgehead atoms. The molecular formula is C35H52FKN3O5P. The quantitative estimate of drug-likeness (QED) is 0.0806. The fourth-order valence-electron chi connectivity index (χ4n) is 4.66. The number of carbonyl (C=O) groups is 2. The minimum Gasteiger partial charge on any atom is -0.724 e. The molecule has 2 aromatic carbocycles. The van der Waals surface area contributed by atoms with Gasteiger partial charge in [0.15, 0.2) is 11.3 Å². The normalized spacial score (nSPS) is 13.7. The standard InChI is InChI=1S/C18H18N2O2.C9H20.C7H11FNOP.CH4O2.K/c21-13-19-17-9-7-15(8-10-17)14-3-5-16(6-4-14)18(22)20-11-1-2-12-20;1-4-6-7-8-9(3)5-2;1-4-6(7(3,8)11)9-5(2)10-4;1-3-2;/h3-10,13H,1-2,11-12H2,(H,19,21);9H,4-8H2,1-3H3;11H2,1-3H3;2H,1H3;/q;;;;+1/p-1. The van der Waals surface area contributed by atoms with Gasteiger partial charge in [-0.25, -0.2) is 9.37 Å². The first-order valence-electron chi connectivity index (χ1n) is 15.7. The van der Waals surface area contributed by atoms with Crippen LogP contribution in [0.4, 0.5) is 10.1 Å². The first kappa shape index (κ1) is 44.5. The minimum atomic E-state index is -1.48. The zero-order chi connectivity index (χ0) is 33.8. The van der Waals surface area contributed by atoms with Crippen molar-refractivity contribution in [2.75, 3.05) is 25.5 Å². The van der Waals surface area contributed by atoms with Crippen LogP contribution >= 0.6 is 9.24 Å². The number of hydrogen-bond donors (Lipinski definition) is 1. The van der Waals surface area contributed by atoms with E-state index in [1.54, 1.807) is 13.8 Å². The van der Waals surface area contributed by atoms with Crippen LogP contribution in [0.1, 0.15) is 100 Å². The Morgan fingerprint density at radius 3 is 2.02 bits per heavy atom. The van der Waals surface area contributed by atoms with Crippen LogP contribution in [0.25, 0.3) is 11.1 Å². The number of amides is 2. The first-order valence-corrected chi connectivity index (χ1v) is 16.3. The fourth-order valence-corrected chi connectivity index (χ4v) is 4.93. The van der Waals surface area contributed by atoms with Crippen LogP contribution in [0.15, 0.2) is 52.9 Å². The van der Waals surface area contributed by atoms with Crippen LogP contribution < -0.4 is 62.0 Å². The SMILES string of the molecule is CCCCCC(C)CC.CO[O-].Cc1nc(C(C)(F)P)c(C)o1.O=CNc1ccc(-c2ccc(C(=O)N3CCCC3)cc2)cc1.[K+]. The Morgan fingerprint density at radius 1 is 1.11 bits per heavy atom. The van der Waals surface area contributed by atoms with E-state index in [1.165, 1.54) is 39.0 Å². The Morgan fingerprint density at radius 2 is 1.63 bits per heavy atom. The summed E-state index contributed by atoms with van der Waals surface area (Å²) in [6, 6.07) is 15.3. The summed E-state index contributed by atoms with van der Waals surface area (Å²) in [6.45, 7) is 13.5. The van der Waals surface area contributed by atoms with E-state index < -0.39 is 5.41 Å². The molecule has 1 fully saturated rings. The molecule has 0 saturated carbocycles. The van der Waals surface area contributed by atoms with Crippen LogP contribution in [0.2, 0.25) is 0 Å². The van der Waals surface area contributed by atoms with Crippen LogP contribution in [0.5, 0.6) is 0 Å². The van der Waals surface area contributed by atoms with Gasteiger partial charge in [-0.1, -0.05) is 86.4 Å². The van der Waals surface area contributed by atoms with Crippen molar-refractivity contribution >= 4 is 27.2 Å². The molecule has 0 radical (unpaired) electrons. The summed E-state index contributed by atoms with van der Waals surface area (Å²) in [4.78, 5) is 31.5. The van der Waals surface area contributed by atoms with E-state index in [0.29, 0.717) is 23.8 Å². The van der Waals surface area contributed by atoms with Crippen molar-refractivity contribution in [3.05, 3.63) is 71.4 Å². The van der Waals surface area contributed by atoms with Gasteiger partial charge in [0.25, 0.3) is 5.91 Å². The number of likely N-dealkylation sites (tertiary alicyclic amines) is 1.